The van der Waals surface area contributed by atoms with Crippen LogP contribution in [0.1, 0.15) is 0 Å². The first-order valence-corrected chi connectivity index (χ1v) is 12.6. The van der Waals surface area contributed by atoms with E-state index in [1.54, 1.807) is 0 Å². The second kappa shape index (κ2) is 9.05. The fourth-order valence-electron chi connectivity index (χ4n) is 5.10. The number of rotatable bonds is 4. The van der Waals surface area contributed by atoms with Gasteiger partial charge in [-0.25, -0.2) is 15.0 Å². The molecular formula is C33H23N5. The number of aryl methyl sites for hydroxylation is 1. The maximum atomic E-state index is 4.89. The Bertz CT molecular complexity index is 1870. The summed E-state index contributed by atoms with van der Waals surface area (Å²) in [5.74, 6) is 1.90. The predicted octanol–water partition coefficient (Wildman–Crippen LogP) is 7.58. The first kappa shape index (κ1) is 22.1. The number of benzene rings is 4. The smallest absolute Gasteiger partial charge is 0.164 e. The molecule has 38 heavy (non-hydrogen) atoms. The summed E-state index contributed by atoms with van der Waals surface area (Å²) in [4.78, 5) is 19.4. The lowest BCUT2D eigenvalue weighted by Crippen LogP contribution is -2.00. The van der Waals surface area contributed by atoms with Gasteiger partial charge in [0, 0.05) is 51.8 Å². The zero-order valence-corrected chi connectivity index (χ0v) is 20.8. The Morgan fingerprint density at radius 3 is 1.79 bits per heavy atom. The van der Waals surface area contributed by atoms with Crippen LogP contribution in [0.3, 0.4) is 0 Å². The van der Waals surface area contributed by atoms with Crippen LogP contribution in [0.5, 0.6) is 0 Å². The molecular weight excluding hydrogens is 466 g/mol. The van der Waals surface area contributed by atoms with Gasteiger partial charge in [0.15, 0.2) is 17.5 Å². The highest BCUT2D eigenvalue weighted by atomic mass is 15.0. The van der Waals surface area contributed by atoms with Crippen LogP contribution < -0.4 is 0 Å². The molecule has 0 aliphatic rings. The summed E-state index contributed by atoms with van der Waals surface area (Å²) in [5, 5.41) is 2.45. The van der Waals surface area contributed by atoms with Gasteiger partial charge in [-0.15, -0.1) is 0 Å². The summed E-state index contributed by atoms with van der Waals surface area (Å²) in [6, 6.07) is 39.0. The Labute approximate surface area is 220 Å². The van der Waals surface area contributed by atoms with Gasteiger partial charge in [0.1, 0.15) is 0 Å². The topological polar surface area (TPSA) is 56.5 Å². The second-order valence-corrected chi connectivity index (χ2v) is 9.25. The molecule has 180 valence electrons. The van der Waals surface area contributed by atoms with Crippen molar-refractivity contribution in [2.75, 3.05) is 0 Å². The molecule has 3 heterocycles. The van der Waals surface area contributed by atoms with Crippen molar-refractivity contribution in [3.63, 3.8) is 0 Å². The molecule has 0 radical (unpaired) electrons. The fraction of sp³-hybridized carbons (Fsp3) is 0.0303. The monoisotopic (exact) mass is 489 g/mol. The minimum Gasteiger partial charge on any atom is -0.343 e. The summed E-state index contributed by atoms with van der Waals surface area (Å²) < 4.78 is 2.25. The van der Waals surface area contributed by atoms with Crippen molar-refractivity contribution < 1.29 is 0 Å². The first-order valence-electron chi connectivity index (χ1n) is 12.6. The Morgan fingerprint density at radius 2 is 1.11 bits per heavy atom. The Kier molecular flexibility index (Phi) is 5.26. The largest absolute Gasteiger partial charge is 0.343 e. The molecule has 0 fully saturated rings. The van der Waals surface area contributed by atoms with E-state index in [1.807, 2.05) is 72.9 Å². The van der Waals surface area contributed by atoms with Crippen molar-refractivity contribution in [1.82, 2.24) is 24.5 Å². The highest BCUT2D eigenvalue weighted by Crippen LogP contribution is 2.35. The molecule has 5 heteroatoms. The van der Waals surface area contributed by atoms with Gasteiger partial charge in [0.2, 0.25) is 0 Å². The van der Waals surface area contributed by atoms with Crippen LogP contribution in [-0.4, -0.2) is 24.5 Å². The van der Waals surface area contributed by atoms with E-state index in [9.17, 15) is 0 Å². The number of para-hydroxylation sites is 2. The zero-order chi connectivity index (χ0) is 25.5. The maximum absolute atomic E-state index is 4.89. The van der Waals surface area contributed by atoms with Gasteiger partial charge in [-0.2, -0.15) is 0 Å². The third-order valence-electron chi connectivity index (χ3n) is 6.92. The quantitative estimate of drug-likeness (QED) is 0.256. The third kappa shape index (κ3) is 3.73. The average Bonchev–Trinajstić information content (AvgIpc) is 3.30. The van der Waals surface area contributed by atoms with E-state index in [4.69, 9.17) is 19.9 Å². The van der Waals surface area contributed by atoms with E-state index in [1.165, 1.54) is 16.3 Å². The maximum Gasteiger partial charge on any atom is 0.164 e. The van der Waals surface area contributed by atoms with Crippen molar-refractivity contribution in [3.8, 4) is 45.4 Å². The van der Waals surface area contributed by atoms with E-state index in [0.717, 1.165) is 33.5 Å². The first-order chi connectivity index (χ1) is 18.8. The van der Waals surface area contributed by atoms with Crippen molar-refractivity contribution in [3.05, 3.63) is 121 Å². The molecule has 3 aromatic heterocycles. The van der Waals surface area contributed by atoms with Crippen LogP contribution in [0, 0.1) is 0 Å². The molecule has 0 bridgehead atoms. The van der Waals surface area contributed by atoms with E-state index in [0.29, 0.717) is 17.5 Å². The van der Waals surface area contributed by atoms with Gasteiger partial charge >= 0.3 is 0 Å². The number of fused-ring (bicyclic) bond motifs is 3. The Morgan fingerprint density at radius 1 is 0.526 bits per heavy atom. The third-order valence-corrected chi connectivity index (χ3v) is 6.92. The summed E-state index contributed by atoms with van der Waals surface area (Å²) in [5.41, 5.74) is 7.09. The van der Waals surface area contributed by atoms with Gasteiger partial charge in [-0.3, -0.25) is 4.98 Å². The molecule has 0 aliphatic carbocycles. The molecule has 0 saturated carbocycles. The summed E-state index contributed by atoms with van der Waals surface area (Å²) in [7, 11) is 2.11. The minimum absolute atomic E-state index is 0.616. The number of pyridine rings is 1. The standard InChI is InChI=1S/C33H23N5/c1-38-29-18-9-8-15-25(29)26-16-10-17-27(30(26)38)28-21-24(19-20-34-28)33-36-31(22-11-4-2-5-12-22)35-32(37-33)23-13-6-3-7-14-23/h2-21H,1H3. The second-order valence-electron chi connectivity index (χ2n) is 9.25. The van der Waals surface area contributed by atoms with Crippen molar-refractivity contribution in [2.45, 2.75) is 0 Å². The van der Waals surface area contributed by atoms with Gasteiger partial charge in [-0.1, -0.05) is 97.1 Å². The Balaban J connectivity index is 1.42. The number of aromatic nitrogens is 5. The minimum atomic E-state index is 0.616. The molecule has 0 atom stereocenters. The molecule has 0 spiro atoms. The van der Waals surface area contributed by atoms with Crippen molar-refractivity contribution in [2.24, 2.45) is 7.05 Å². The van der Waals surface area contributed by atoms with Gasteiger partial charge in [0.25, 0.3) is 0 Å². The summed E-state index contributed by atoms with van der Waals surface area (Å²) >= 11 is 0. The number of hydrogen-bond donors (Lipinski definition) is 0. The summed E-state index contributed by atoms with van der Waals surface area (Å²) in [6.07, 6.45) is 1.83. The molecule has 7 aromatic rings. The van der Waals surface area contributed by atoms with Crippen molar-refractivity contribution >= 4 is 21.8 Å². The zero-order valence-electron chi connectivity index (χ0n) is 20.8. The lowest BCUT2D eigenvalue weighted by Gasteiger charge is -2.10. The van der Waals surface area contributed by atoms with E-state index in [-0.39, 0.29) is 0 Å². The van der Waals surface area contributed by atoms with Crippen LogP contribution >= 0.6 is 0 Å². The average molecular weight is 490 g/mol. The lowest BCUT2D eigenvalue weighted by molar-refractivity contribution is 1.01. The van der Waals surface area contributed by atoms with Crippen molar-refractivity contribution in [1.29, 1.82) is 0 Å². The number of hydrogen-bond acceptors (Lipinski definition) is 4. The molecule has 0 aliphatic heterocycles. The van der Waals surface area contributed by atoms with Gasteiger partial charge < -0.3 is 4.57 Å². The van der Waals surface area contributed by atoms with Crippen LogP contribution in [0.15, 0.2) is 121 Å². The SMILES string of the molecule is Cn1c2ccccc2c2cccc(-c3cc(-c4nc(-c5ccccc5)nc(-c5ccccc5)n4)ccn3)c21. The number of nitrogens with zero attached hydrogens (tertiary/aromatic N) is 5. The molecule has 4 aromatic carbocycles. The highest BCUT2D eigenvalue weighted by Gasteiger charge is 2.16. The molecule has 7 rings (SSSR count). The van der Waals surface area contributed by atoms with E-state index >= 15 is 0 Å². The van der Waals surface area contributed by atoms with Crippen LogP contribution in [-0.2, 0) is 7.05 Å². The van der Waals surface area contributed by atoms with Gasteiger partial charge in [-0.05, 0) is 18.2 Å². The predicted molar refractivity (Wildman–Crippen MR) is 153 cm³/mol. The molecule has 0 amide bonds. The van der Waals surface area contributed by atoms with E-state index in [2.05, 4.69) is 60.1 Å². The fourth-order valence-corrected chi connectivity index (χ4v) is 5.10. The normalized spacial score (nSPS) is 11.3. The van der Waals surface area contributed by atoms with Gasteiger partial charge in [0.05, 0.1) is 11.2 Å². The lowest BCUT2D eigenvalue weighted by atomic mass is 10.0. The summed E-state index contributed by atoms with van der Waals surface area (Å²) in [6.45, 7) is 0. The van der Waals surface area contributed by atoms with Crippen LogP contribution in [0.2, 0.25) is 0 Å². The van der Waals surface area contributed by atoms with E-state index < -0.39 is 0 Å². The molecule has 5 nitrogen and oxygen atoms in total. The molecule has 0 unspecified atom stereocenters. The van der Waals surface area contributed by atoms with Crippen LogP contribution in [0.25, 0.3) is 67.2 Å². The molecule has 0 N–H and O–H groups in total. The van der Waals surface area contributed by atoms with Crippen LogP contribution in [0.4, 0.5) is 0 Å². The highest BCUT2D eigenvalue weighted by molar-refractivity contribution is 6.12. The Hall–Kier alpha value is -5.16. The molecule has 0 saturated heterocycles.